The van der Waals surface area contributed by atoms with Crippen molar-refractivity contribution in [2.75, 3.05) is 12.8 Å². The average Bonchev–Trinajstić information content (AvgIpc) is 2.65. The summed E-state index contributed by atoms with van der Waals surface area (Å²) in [4.78, 5) is 6.72. The van der Waals surface area contributed by atoms with Crippen molar-refractivity contribution in [2.24, 2.45) is 11.8 Å². The largest absolute Gasteiger partial charge is 0.383 e. The van der Waals surface area contributed by atoms with Crippen molar-refractivity contribution in [1.29, 1.82) is 0 Å². The van der Waals surface area contributed by atoms with Crippen LogP contribution in [0.25, 0.3) is 0 Å². The summed E-state index contributed by atoms with van der Waals surface area (Å²) in [5.74, 6) is 6.94. The van der Waals surface area contributed by atoms with Crippen LogP contribution in [0, 0.1) is 5.92 Å². The van der Waals surface area contributed by atoms with E-state index in [1.54, 1.807) is 6.20 Å². The van der Waals surface area contributed by atoms with E-state index in [1.165, 1.54) is 25.7 Å². The van der Waals surface area contributed by atoms with Crippen LogP contribution in [0.3, 0.4) is 0 Å². The third-order valence-corrected chi connectivity index (χ3v) is 4.99. The predicted octanol–water partition coefficient (Wildman–Crippen LogP) is 1.04. The van der Waals surface area contributed by atoms with Crippen LogP contribution < -0.4 is 17.0 Å². The van der Waals surface area contributed by atoms with Crippen molar-refractivity contribution < 1.29 is 0 Å². The molecule has 2 saturated heterocycles. The Kier molecular flexibility index (Phi) is 3.43. The van der Waals surface area contributed by atoms with Crippen molar-refractivity contribution in [3.05, 3.63) is 23.9 Å². The molecule has 1 aromatic rings. The monoisotopic (exact) mass is 261 g/mol. The van der Waals surface area contributed by atoms with Crippen LogP contribution in [0.1, 0.15) is 37.3 Å². The zero-order chi connectivity index (χ0) is 13.4. The Labute approximate surface area is 114 Å². The first-order valence-electron chi connectivity index (χ1n) is 7.09. The maximum Gasteiger partial charge on any atom is 0.128 e. The molecular weight excluding hydrogens is 238 g/mol. The number of nitrogen functional groups attached to an aromatic ring is 1. The molecule has 1 aromatic heterocycles. The first-order chi connectivity index (χ1) is 9.20. The third-order valence-electron chi connectivity index (χ3n) is 4.99. The van der Waals surface area contributed by atoms with Crippen LogP contribution in [-0.2, 0) is 0 Å². The zero-order valence-electron chi connectivity index (χ0n) is 11.4. The molecule has 2 aliphatic heterocycles. The first-order valence-corrected chi connectivity index (χ1v) is 7.09. The summed E-state index contributed by atoms with van der Waals surface area (Å²) in [5, 5.41) is 0. The number of fused-ring (bicyclic) bond motifs is 2. The number of rotatable bonds is 3. The maximum absolute atomic E-state index is 6.00. The summed E-state index contributed by atoms with van der Waals surface area (Å²) in [6.45, 7) is 0. The van der Waals surface area contributed by atoms with E-state index in [-0.39, 0.29) is 6.04 Å². The fourth-order valence-corrected chi connectivity index (χ4v) is 3.90. The van der Waals surface area contributed by atoms with Crippen molar-refractivity contribution in [3.8, 4) is 0 Å². The molecule has 5 nitrogen and oxygen atoms in total. The molecule has 0 radical (unpaired) electrons. The number of anilines is 1. The summed E-state index contributed by atoms with van der Waals surface area (Å²) in [7, 11) is 2.25. The molecule has 0 amide bonds. The standard InChI is InChI=1S/C14H23N5/c1-19-10-4-5-11(19)8-9(7-10)13(18-16)12-3-2-6-17-14(12)15/h2-3,6,9-11,13,18H,4-5,7-8,16H2,1H3,(H2,15,17). The Morgan fingerprint density at radius 1 is 1.37 bits per heavy atom. The quantitative estimate of drug-likeness (QED) is 0.559. The van der Waals surface area contributed by atoms with Crippen LogP contribution in [-0.4, -0.2) is 29.0 Å². The number of nitrogens with two attached hydrogens (primary N) is 2. The van der Waals surface area contributed by atoms with Crippen molar-refractivity contribution in [1.82, 2.24) is 15.3 Å². The first kappa shape index (κ1) is 12.8. The maximum atomic E-state index is 6.00. The molecule has 104 valence electrons. The van der Waals surface area contributed by atoms with Gasteiger partial charge in [-0.3, -0.25) is 11.3 Å². The van der Waals surface area contributed by atoms with Gasteiger partial charge in [-0.15, -0.1) is 0 Å². The highest BCUT2D eigenvalue weighted by molar-refractivity contribution is 5.41. The van der Waals surface area contributed by atoms with Crippen LogP contribution in [0.4, 0.5) is 5.82 Å². The number of hydrazine groups is 1. The molecule has 19 heavy (non-hydrogen) atoms. The molecule has 3 atom stereocenters. The number of piperidine rings is 1. The predicted molar refractivity (Wildman–Crippen MR) is 76.0 cm³/mol. The Bertz CT molecular complexity index is 435. The summed E-state index contributed by atoms with van der Waals surface area (Å²) < 4.78 is 0. The number of nitrogens with zero attached hydrogens (tertiary/aromatic N) is 2. The van der Waals surface area contributed by atoms with E-state index < -0.39 is 0 Å². The van der Waals surface area contributed by atoms with Gasteiger partial charge >= 0.3 is 0 Å². The van der Waals surface area contributed by atoms with Gasteiger partial charge in [-0.05, 0) is 44.7 Å². The third kappa shape index (κ3) is 2.22. The molecule has 3 heterocycles. The van der Waals surface area contributed by atoms with E-state index >= 15 is 0 Å². The van der Waals surface area contributed by atoms with Gasteiger partial charge in [0.15, 0.2) is 0 Å². The van der Waals surface area contributed by atoms with Gasteiger partial charge in [-0.1, -0.05) is 6.07 Å². The van der Waals surface area contributed by atoms with E-state index in [4.69, 9.17) is 11.6 Å². The Hall–Kier alpha value is -1.17. The highest BCUT2D eigenvalue weighted by atomic mass is 15.2. The second kappa shape index (κ2) is 5.07. The van der Waals surface area contributed by atoms with Gasteiger partial charge in [-0.2, -0.15) is 0 Å². The van der Waals surface area contributed by atoms with Gasteiger partial charge < -0.3 is 10.6 Å². The Morgan fingerprint density at radius 2 is 2.05 bits per heavy atom. The van der Waals surface area contributed by atoms with Gasteiger partial charge in [0, 0.05) is 23.8 Å². The molecule has 5 heteroatoms. The molecular formula is C14H23N5. The van der Waals surface area contributed by atoms with E-state index in [0.717, 1.165) is 5.56 Å². The van der Waals surface area contributed by atoms with Crippen LogP contribution in [0.2, 0.25) is 0 Å². The van der Waals surface area contributed by atoms with Crippen LogP contribution >= 0.6 is 0 Å². The molecule has 0 saturated carbocycles. The van der Waals surface area contributed by atoms with E-state index in [0.29, 0.717) is 23.8 Å². The molecule has 0 spiro atoms. The molecule has 5 N–H and O–H groups in total. The smallest absolute Gasteiger partial charge is 0.128 e. The number of aromatic nitrogens is 1. The van der Waals surface area contributed by atoms with Gasteiger partial charge in [-0.25, -0.2) is 4.98 Å². The van der Waals surface area contributed by atoms with Crippen molar-refractivity contribution in [2.45, 2.75) is 43.8 Å². The lowest BCUT2D eigenvalue weighted by atomic mass is 9.82. The van der Waals surface area contributed by atoms with E-state index in [2.05, 4.69) is 22.4 Å². The van der Waals surface area contributed by atoms with Crippen LogP contribution in [0.15, 0.2) is 18.3 Å². The Balaban J connectivity index is 1.82. The van der Waals surface area contributed by atoms with E-state index in [9.17, 15) is 0 Å². The van der Waals surface area contributed by atoms with Gasteiger partial charge in [0.05, 0.1) is 6.04 Å². The summed E-state index contributed by atoms with van der Waals surface area (Å²) in [6.07, 6.45) is 6.74. The average molecular weight is 261 g/mol. The molecule has 0 aliphatic carbocycles. The fraction of sp³-hybridized carbons (Fsp3) is 0.643. The lowest BCUT2D eigenvalue weighted by Gasteiger charge is -2.39. The minimum absolute atomic E-state index is 0.116. The number of nitrogens with one attached hydrogen (secondary N) is 1. The molecule has 3 unspecified atom stereocenters. The van der Waals surface area contributed by atoms with Crippen molar-refractivity contribution in [3.63, 3.8) is 0 Å². The molecule has 2 aliphatic rings. The van der Waals surface area contributed by atoms with Crippen molar-refractivity contribution >= 4 is 5.82 Å². The summed E-state index contributed by atoms with van der Waals surface area (Å²) >= 11 is 0. The minimum atomic E-state index is 0.116. The SMILES string of the molecule is CN1C2CCC1CC(C(NN)c1cccnc1N)C2. The zero-order valence-corrected chi connectivity index (χ0v) is 11.4. The molecule has 0 aromatic carbocycles. The summed E-state index contributed by atoms with van der Waals surface area (Å²) in [6, 6.07) is 5.49. The van der Waals surface area contributed by atoms with Gasteiger partial charge in [0.1, 0.15) is 5.82 Å². The van der Waals surface area contributed by atoms with Gasteiger partial charge in [0.25, 0.3) is 0 Å². The molecule has 2 bridgehead atoms. The lowest BCUT2D eigenvalue weighted by molar-refractivity contribution is 0.112. The second-order valence-corrected chi connectivity index (χ2v) is 5.90. The molecule has 3 rings (SSSR count). The summed E-state index contributed by atoms with van der Waals surface area (Å²) in [5.41, 5.74) is 10.0. The topological polar surface area (TPSA) is 80.2 Å². The van der Waals surface area contributed by atoms with Gasteiger partial charge in [0.2, 0.25) is 0 Å². The lowest BCUT2D eigenvalue weighted by Crippen LogP contribution is -2.45. The van der Waals surface area contributed by atoms with Crippen LogP contribution in [0.5, 0.6) is 0 Å². The second-order valence-electron chi connectivity index (χ2n) is 5.90. The number of pyridine rings is 1. The number of hydrogen-bond donors (Lipinski definition) is 3. The van der Waals surface area contributed by atoms with E-state index in [1.807, 2.05) is 12.1 Å². The molecule has 2 fully saturated rings. The fourth-order valence-electron chi connectivity index (χ4n) is 3.90. The number of hydrogen-bond acceptors (Lipinski definition) is 5. The Morgan fingerprint density at radius 3 is 2.63 bits per heavy atom. The normalized spacial score (nSPS) is 32.4. The minimum Gasteiger partial charge on any atom is -0.383 e. The highest BCUT2D eigenvalue weighted by Gasteiger charge is 2.41. The highest BCUT2D eigenvalue weighted by Crippen LogP contribution is 2.42.